The lowest BCUT2D eigenvalue weighted by atomic mass is 10.0. The molecule has 0 aromatic heterocycles. The Hall–Kier alpha value is -3.16. The van der Waals surface area contributed by atoms with Gasteiger partial charge in [-0.05, 0) is 81.9 Å². The maximum atomic E-state index is 12.7. The summed E-state index contributed by atoms with van der Waals surface area (Å²) in [5, 5.41) is 7.39. The molecule has 182 valence electrons. The van der Waals surface area contributed by atoms with Crippen LogP contribution in [0.5, 0.6) is 5.75 Å². The van der Waals surface area contributed by atoms with Crippen LogP contribution in [0.1, 0.15) is 41.8 Å². The zero-order valence-electron chi connectivity index (χ0n) is 19.5. The summed E-state index contributed by atoms with van der Waals surface area (Å²) >= 11 is 9.40. The van der Waals surface area contributed by atoms with Crippen molar-refractivity contribution in [3.63, 3.8) is 0 Å². The number of nitrogens with one attached hydrogen (secondary N) is 2. The highest BCUT2D eigenvalue weighted by atomic mass is 79.9. The topological polar surface area (TPSA) is 79.8 Å². The lowest BCUT2D eigenvalue weighted by molar-refractivity contribution is -0.123. The lowest BCUT2D eigenvalue weighted by Crippen LogP contribution is -2.46. The maximum absolute atomic E-state index is 12.7. The molecule has 3 rings (SSSR count). The van der Waals surface area contributed by atoms with Crippen LogP contribution in [0, 0.1) is 5.92 Å². The Morgan fingerprint density at radius 1 is 1.06 bits per heavy atom. The lowest BCUT2D eigenvalue weighted by Gasteiger charge is -2.19. The van der Waals surface area contributed by atoms with Crippen molar-refractivity contribution in [1.29, 1.82) is 0 Å². The molecule has 1 unspecified atom stereocenters. The second-order valence-corrected chi connectivity index (χ2v) is 9.65. The SMILES string of the molecule is CC(C)CC(NC(=O)c1ccc(Cl)cc1)C(=O)NN=Cc1ccc(OCc2ccccc2)c(Br)c1. The molecule has 0 aliphatic carbocycles. The molecule has 0 saturated heterocycles. The Kier molecular flexibility index (Phi) is 9.87. The number of carbonyl (C=O) groups excluding carboxylic acids is 2. The Labute approximate surface area is 218 Å². The molecule has 1 atom stereocenters. The molecule has 3 aromatic rings. The molecule has 0 spiro atoms. The smallest absolute Gasteiger partial charge is 0.262 e. The van der Waals surface area contributed by atoms with Crippen molar-refractivity contribution in [2.75, 3.05) is 0 Å². The molecular formula is C27H27BrClN3O3. The minimum absolute atomic E-state index is 0.194. The van der Waals surface area contributed by atoms with Gasteiger partial charge in [0.1, 0.15) is 18.4 Å². The fourth-order valence-electron chi connectivity index (χ4n) is 3.24. The van der Waals surface area contributed by atoms with Gasteiger partial charge in [-0.25, -0.2) is 5.43 Å². The molecule has 3 aromatic carbocycles. The third-order valence-electron chi connectivity index (χ3n) is 5.02. The van der Waals surface area contributed by atoms with E-state index in [9.17, 15) is 9.59 Å². The summed E-state index contributed by atoms with van der Waals surface area (Å²) in [7, 11) is 0. The van der Waals surface area contributed by atoms with Crippen LogP contribution in [0.15, 0.2) is 82.4 Å². The molecule has 0 aliphatic heterocycles. The van der Waals surface area contributed by atoms with Gasteiger partial charge in [-0.1, -0.05) is 55.8 Å². The van der Waals surface area contributed by atoms with E-state index in [1.807, 2.05) is 62.4 Å². The number of benzene rings is 3. The van der Waals surface area contributed by atoms with Gasteiger partial charge in [0.05, 0.1) is 10.7 Å². The summed E-state index contributed by atoms with van der Waals surface area (Å²) in [6.07, 6.45) is 2.01. The van der Waals surface area contributed by atoms with Crippen LogP contribution in [-0.2, 0) is 11.4 Å². The molecule has 0 fully saturated rings. The first kappa shape index (κ1) is 26.4. The number of hydrogen-bond acceptors (Lipinski definition) is 4. The van der Waals surface area contributed by atoms with Crippen LogP contribution in [0.25, 0.3) is 0 Å². The Balaban J connectivity index is 1.58. The van der Waals surface area contributed by atoms with Crippen molar-refractivity contribution in [2.45, 2.75) is 32.9 Å². The van der Waals surface area contributed by atoms with Gasteiger partial charge in [-0.2, -0.15) is 5.10 Å². The van der Waals surface area contributed by atoms with E-state index in [1.165, 1.54) is 6.21 Å². The number of nitrogens with zero attached hydrogens (tertiary/aromatic N) is 1. The van der Waals surface area contributed by atoms with Gasteiger partial charge < -0.3 is 10.1 Å². The van der Waals surface area contributed by atoms with Gasteiger partial charge in [0.2, 0.25) is 0 Å². The number of carbonyl (C=O) groups is 2. The first-order valence-corrected chi connectivity index (χ1v) is 12.3. The molecule has 6 nitrogen and oxygen atoms in total. The van der Waals surface area contributed by atoms with E-state index in [4.69, 9.17) is 16.3 Å². The van der Waals surface area contributed by atoms with Gasteiger partial charge in [-0.3, -0.25) is 9.59 Å². The molecule has 2 N–H and O–H groups in total. The molecule has 0 heterocycles. The van der Waals surface area contributed by atoms with E-state index in [-0.39, 0.29) is 17.7 Å². The van der Waals surface area contributed by atoms with E-state index in [0.29, 0.717) is 29.4 Å². The van der Waals surface area contributed by atoms with Crippen LogP contribution in [0.3, 0.4) is 0 Å². The Morgan fingerprint density at radius 3 is 2.43 bits per heavy atom. The fraction of sp³-hybridized carbons (Fsp3) is 0.222. The normalized spacial score (nSPS) is 11.9. The largest absolute Gasteiger partial charge is 0.488 e. The first-order valence-electron chi connectivity index (χ1n) is 11.2. The minimum atomic E-state index is -0.726. The monoisotopic (exact) mass is 555 g/mol. The van der Waals surface area contributed by atoms with Crippen molar-refractivity contribution < 1.29 is 14.3 Å². The molecule has 8 heteroatoms. The number of hydrogen-bond donors (Lipinski definition) is 2. The van der Waals surface area contributed by atoms with Crippen LogP contribution >= 0.6 is 27.5 Å². The zero-order valence-corrected chi connectivity index (χ0v) is 21.8. The van der Waals surface area contributed by atoms with E-state index in [0.717, 1.165) is 15.6 Å². The second kappa shape index (κ2) is 13.1. The number of ether oxygens (including phenoxy) is 1. The fourth-order valence-corrected chi connectivity index (χ4v) is 3.88. The molecule has 0 aliphatic rings. The molecule has 2 amide bonds. The van der Waals surface area contributed by atoms with Crippen LogP contribution in [0.4, 0.5) is 0 Å². The standard InChI is InChI=1S/C27H27BrClN3O3/c1-18(2)14-24(31-26(33)21-9-11-22(29)12-10-21)27(34)32-30-16-20-8-13-25(23(28)15-20)35-17-19-6-4-3-5-7-19/h3-13,15-16,18,24H,14,17H2,1-2H3,(H,31,33)(H,32,34). The average Bonchev–Trinajstić information content (AvgIpc) is 2.83. The predicted octanol–water partition coefficient (Wildman–Crippen LogP) is 5.98. The summed E-state index contributed by atoms with van der Waals surface area (Å²) in [6, 6.07) is 21.2. The number of amides is 2. The Morgan fingerprint density at radius 2 is 1.77 bits per heavy atom. The molecule has 35 heavy (non-hydrogen) atoms. The van der Waals surface area contributed by atoms with Crippen molar-refractivity contribution in [3.05, 3.63) is 99.0 Å². The highest BCUT2D eigenvalue weighted by Crippen LogP contribution is 2.26. The zero-order chi connectivity index (χ0) is 25.2. The molecule has 0 radical (unpaired) electrons. The van der Waals surface area contributed by atoms with Gasteiger partial charge >= 0.3 is 0 Å². The highest BCUT2D eigenvalue weighted by Gasteiger charge is 2.22. The van der Waals surface area contributed by atoms with Gasteiger partial charge in [0, 0.05) is 10.6 Å². The second-order valence-electron chi connectivity index (χ2n) is 8.36. The molecule has 0 saturated carbocycles. The average molecular weight is 557 g/mol. The van der Waals surface area contributed by atoms with Crippen molar-refractivity contribution in [2.24, 2.45) is 11.0 Å². The first-order chi connectivity index (χ1) is 16.8. The minimum Gasteiger partial charge on any atom is -0.488 e. The maximum Gasteiger partial charge on any atom is 0.262 e. The van der Waals surface area contributed by atoms with Gasteiger partial charge in [-0.15, -0.1) is 0 Å². The van der Waals surface area contributed by atoms with Crippen molar-refractivity contribution >= 4 is 45.6 Å². The summed E-state index contributed by atoms with van der Waals surface area (Å²) in [5.74, 6) is 0.164. The van der Waals surface area contributed by atoms with E-state index in [1.54, 1.807) is 24.3 Å². The van der Waals surface area contributed by atoms with Crippen molar-refractivity contribution in [3.8, 4) is 5.75 Å². The van der Waals surface area contributed by atoms with Gasteiger partial charge in [0.25, 0.3) is 11.8 Å². The molecular weight excluding hydrogens is 530 g/mol. The summed E-state index contributed by atoms with van der Waals surface area (Å²) in [6.45, 7) is 4.43. The summed E-state index contributed by atoms with van der Waals surface area (Å²) < 4.78 is 6.63. The van der Waals surface area contributed by atoms with Crippen LogP contribution < -0.4 is 15.5 Å². The number of halogens is 2. The van der Waals surface area contributed by atoms with E-state index in [2.05, 4.69) is 31.8 Å². The summed E-state index contributed by atoms with van der Waals surface area (Å²) in [4.78, 5) is 25.3. The van der Waals surface area contributed by atoms with Gasteiger partial charge in [0.15, 0.2) is 0 Å². The van der Waals surface area contributed by atoms with E-state index < -0.39 is 6.04 Å². The third kappa shape index (κ3) is 8.53. The Bertz CT molecular complexity index is 1170. The predicted molar refractivity (Wildman–Crippen MR) is 143 cm³/mol. The third-order valence-corrected chi connectivity index (χ3v) is 5.89. The highest BCUT2D eigenvalue weighted by molar-refractivity contribution is 9.10. The number of hydrazone groups is 1. The van der Waals surface area contributed by atoms with E-state index >= 15 is 0 Å². The summed E-state index contributed by atoms with van der Waals surface area (Å²) in [5.41, 5.74) is 4.81. The van der Waals surface area contributed by atoms with Crippen molar-refractivity contribution in [1.82, 2.24) is 10.7 Å². The quantitative estimate of drug-likeness (QED) is 0.238. The number of rotatable bonds is 10. The van der Waals surface area contributed by atoms with Crippen LogP contribution in [-0.4, -0.2) is 24.1 Å². The molecule has 0 bridgehead atoms. The van der Waals surface area contributed by atoms with Crippen LogP contribution in [0.2, 0.25) is 5.02 Å².